The fraction of sp³-hybridized carbons (Fsp3) is 0.733. The van der Waals surface area contributed by atoms with E-state index in [1.807, 2.05) is 6.07 Å². The number of nitrogens with two attached hydrogens (primary N) is 1. The summed E-state index contributed by atoms with van der Waals surface area (Å²) in [4.78, 5) is 8.53. The van der Waals surface area contributed by atoms with Crippen molar-refractivity contribution in [1.29, 1.82) is 0 Å². The average Bonchev–Trinajstić information content (AvgIpc) is 2.41. The lowest BCUT2D eigenvalue weighted by Crippen LogP contribution is -2.35. The summed E-state index contributed by atoms with van der Waals surface area (Å²) in [6.45, 7) is 7.68. The van der Waals surface area contributed by atoms with E-state index in [1.165, 1.54) is 19.3 Å². The third-order valence-electron chi connectivity index (χ3n) is 4.34. The van der Waals surface area contributed by atoms with Crippen molar-refractivity contribution in [2.24, 2.45) is 11.8 Å². The molecular weight excluding hydrogens is 250 g/mol. The summed E-state index contributed by atoms with van der Waals surface area (Å²) >= 11 is 0. The summed E-state index contributed by atoms with van der Waals surface area (Å²) in [5.74, 6) is 3.38. The Hall–Kier alpha value is -1.52. The van der Waals surface area contributed by atoms with Crippen LogP contribution < -0.4 is 16.4 Å². The molecule has 1 aliphatic rings. The van der Waals surface area contributed by atoms with Crippen molar-refractivity contribution >= 4 is 17.6 Å². The number of nitrogen functional groups attached to an aromatic ring is 1. The zero-order chi connectivity index (χ0) is 14.5. The molecule has 3 atom stereocenters. The number of hydrogen-bond donors (Lipinski definition) is 3. The summed E-state index contributed by atoms with van der Waals surface area (Å²) in [6.07, 6.45) is 4.87. The Balaban J connectivity index is 2.06. The van der Waals surface area contributed by atoms with Crippen molar-refractivity contribution in [3.8, 4) is 0 Å². The predicted molar refractivity (Wildman–Crippen MR) is 84.8 cm³/mol. The summed E-state index contributed by atoms with van der Waals surface area (Å²) < 4.78 is 0. The van der Waals surface area contributed by atoms with Crippen LogP contribution in [0.2, 0.25) is 0 Å². The number of nitrogens with zero attached hydrogens (tertiary/aromatic N) is 2. The molecule has 1 aromatic heterocycles. The van der Waals surface area contributed by atoms with Gasteiger partial charge in [0.15, 0.2) is 0 Å². The predicted octanol–water partition coefficient (Wildman–Crippen LogP) is 3.12. The van der Waals surface area contributed by atoms with Crippen LogP contribution in [0.4, 0.5) is 17.6 Å². The third kappa shape index (κ3) is 3.74. The van der Waals surface area contributed by atoms with Gasteiger partial charge in [0.2, 0.25) is 5.95 Å². The first-order chi connectivity index (χ1) is 9.60. The standard InChI is InChI=1S/C15H27N5/c1-4-8-17-13-9-14(20-15(16)19-13)18-12-7-5-6-10(2)11(12)3/h9-12H,4-8H2,1-3H3,(H4,16,17,18,19,20). The summed E-state index contributed by atoms with van der Waals surface area (Å²) in [7, 11) is 0. The Morgan fingerprint density at radius 1 is 1.25 bits per heavy atom. The fourth-order valence-electron chi connectivity index (χ4n) is 2.86. The van der Waals surface area contributed by atoms with E-state index in [0.717, 1.165) is 30.5 Å². The molecule has 20 heavy (non-hydrogen) atoms. The van der Waals surface area contributed by atoms with Crippen LogP contribution in [-0.4, -0.2) is 22.6 Å². The Morgan fingerprint density at radius 3 is 2.75 bits per heavy atom. The molecule has 5 nitrogen and oxygen atoms in total. The fourth-order valence-corrected chi connectivity index (χ4v) is 2.86. The maximum absolute atomic E-state index is 5.80. The number of hydrogen-bond acceptors (Lipinski definition) is 5. The Bertz CT molecular complexity index is 434. The van der Waals surface area contributed by atoms with Gasteiger partial charge in [-0.05, 0) is 24.7 Å². The maximum Gasteiger partial charge on any atom is 0.223 e. The molecule has 0 aromatic carbocycles. The maximum atomic E-state index is 5.80. The van der Waals surface area contributed by atoms with E-state index in [0.29, 0.717) is 17.9 Å². The molecule has 3 unspecified atom stereocenters. The van der Waals surface area contributed by atoms with Crippen LogP contribution in [0.15, 0.2) is 6.07 Å². The number of rotatable bonds is 5. The van der Waals surface area contributed by atoms with E-state index in [4.69, 9.17) is 5.73 Å². The molecule has 1 saturated carbocycles. The van der Waals surface area contributed by atoms with Gasteiger partial charge in [0, 0.05) is 18.7 Å². The van der Waals surface area contributed by atoms with Gasteiger partial charge in [-0.3, -0.25) is 0 Å². The molecule has 0 amide bonds. The van der Waals surface area contributed by atoms with Crippen LogP contribution in [0.25, 0.3) is 0 Å². The molecule has 5 heteroatoms. The molecule has 0 bridgehead atoms. The van der Waals surface area contributed by atoms with Gasteiger partial charge >= 0.3 is 0 Å². The van der Waals surface area contributed by atoms with Crippen molar-refractivity contribution in [2.45, 2.75) is 52.5 Å². The minimum absolute atomic E-state index is 0.324. The van der Waals surface area contributed by atoms with Gasteiger partial charge in [0.1, 0.15) is 11.6 Å². The third-order valence-corrected chi connectivity index (χ3v) is 4.34. The Kier molecular flexibility index (Phi) is 5.04. The van der Waals surface area contributed by atoms with Gasteiger partial charge in [-0.25, -0.2) is 0 Å². The lowest BCUT2D eigenvalue weighted by atomic mass is 9.78. The highest BCUT2D eigenvalue weighted by Gasteiger charge is 2.27. The first-order valence-electron chi connectivity index (χ1n) is 7.75. The normalized spacial score (nSPS) is 26.2. The number of nitrogens with one attached hydrogen (secondary N) is 2. The second kappa shape index (κ2) is 6.77. The highest BCUT2D eigenvalue weighted by Crippen LogP contribution is 2.31. The molecule has 1 aliphatic carbocycles. The number of aromatic nitrogens is 2. The van der Waals surface area contributed by atoms with Crippen LogP contribution >= 0.6 is 0 Å². The topological polar surface area (TPSA) is 75.9 Å². The molecule has 1 fully saturated rings. The molecule has 0 aliphatic heterocycles. The SMILES string of the molecule is CCCNc1cc(NC2CCCC(C)C2C)nc(N)n1. The van der Waals surface area contributed by atoms with E-state index >= 15 is 0 Å². The molecule has 0 radical (unpaired) electrons. The van der Waals surface area contributed by atoms with Crippen molar-refractivity contribution in [3.63, 3.8) is 0 Å². The van der Waals surface area contributed by atoms with Crippen molar-refractivity contribution in [2.75, 3.05) is 22.9 Å². The van der Waals surface area contributed by atoms with Gasteiger partial charge in [-0.2, -0.15) is 9.97 Å². The van der Waals surface area contributed by atoms with Gasteiger partial charge in [0.05, 0.1) is 0 Å². The lowest BCUT2D eigenvalue weighted by Gasteiger charge is -2.35. The van der Waals surface area contributed by atoms with Gasteiger partial charge in [0.25, 0.3) is 0 Å². The van der Waals surface area contributed by atoms with E-state index in [9.17, 15) is 0 Å². The summed E-state index contributed by atoms with van der Waals surface area (Å²) in [6, 6.07) is 2.44. The first-order valence-corrected chi connectivity index (χ1v) is 7.75. The Labute approximate surface area is 121 Å². The lowest BCUT2D eigenvalue weighted by molar-refractivity contribution is 0.253. The smallest absolute Gasteiger partial charge is 0.223 e. The second-order valence-corrected chi connectivity index (χ2v) is 5.94. The molecule has 0 saturated heterocycles. The van der Waals surface area contributed by atoms with Crippen molar-refractivity contribution in [1.82, 2.24) is 9.97 Å². The van der Waals surface area contributed by atoms with E-state index < -0.39 is 0 Å². The Morgan fingerprint density at radius 2 is 2.00 bits per heavy atom. The van der Waals surface area contributed by atoms with Gasteiger partial charge in [-0.15, -0.1) is 0 Å². The highest BCUT2D eigenvalue weighted by molar-refractivity contribution is 5.51. The molecule has 1 heterocycles. The van der Waals surface area contributed by atoms with Crippen molar-refractivity contribution < 1.29 is 0 Å². The number of anilines is 3. The summed E-state index contributed by atoms with van der Waals surface area (Å²) in [5, 5.41) is 6.81. The zero-order valence-corrected chi connectivity index (χ0v) is 12.8. The van der Waals surface area contributed by atoms with Crippen LogP contribution in [0.3, 0.4) is 0 Å². The van der Waals surface area contributed by atoms with Crippen LogP contribution in [0.1, 0.15) is 46.5 Å². The first kappa shape index (κ1) is 14.9. The molecule has 1 aromatic rings. The minimum atomic E-state index is 0.324. The van der Waals surface area contributed by atoms with Crippen LogP contribution in [0.5, 0.6) is 0 Å². The molecule has 4 N–H and O–H groups in total. The second-order valence-electron chi connectivity index (χ2n) is 5.94. The monoisotopic (exact) mass is 277 g/mol. The average molecular weight is 277 g/mol. The van der Waals surface area contributed by atoms with Crippen LogP contribution in [-0.2, 0) is 0 Å². The van der Waals surface area contributed by atoms with Gasteiger partial charge < -0.3 is 16.4 Å². The molecule has 0 spiro atoms. The van der Waals surface area contributed by atoms with E-state index in [2.05, 4.69) is 41.4 Å². The summed E-state index contributed by atoms with van der Waals surface area (Å²) in [5.41, 5.74) is 5.80. The van der Waals surface area contributed by atoms with E-state index in [-0.39, 0.29) is 0 Å². The largest absolute Gasteiger partial charge is 0.370 e. The minimum Gasteiger partial charge on any atom is -0.370 e. The zero-order valence-electron chi connectivity index (χ0n) is 12.8. The highest BCUT2D eigenvalue weighted by atomic mass is 15.1. The van der Waals surface area contributed by atoms with Crippen molar-refractivity contribution in [3.05, 3.63) is 6.07 Å². The van der Waals surface area contributed by atoms with Gasteiger partial charge in [-0.1, -0.05) is 33.6 Å². The van der Waals surface area contributed by atoms with E-state index in [1.54, 1.807) is 0 Å². The van der Waals surface area contributed by atoms with Crippen LogP contribution in [0, 0.1) is 11.8 Å². The molecule has 2 rings (SSSR count). The molecule has 112 valence electrons. The quantitative estimate of drug-likeness (QED) is 0.771. The molecular formula is C15H27N5.